The quantitative estimate of drug-likeness (QED) is 0.384. The lowest BCUT2D eigenvalue weighted by Gasteiger charge is -2.02. The normalized spacial score (nSPS) is 9.87. The predicted octanol–water partition coefficient (Wildman–Crippen LogP) is -0.425. The Morgan fingerprint density at radius 1 is 1.20 bits per heavy atom. The first-order valence-electron chi connectivity index (χ1n) is 3.68. The molecule has 5 N–H and O–H groups in total. The molecule has 15 heavy (non-hydrogen) atoms. The summed E-state index contributed by atoms with van der Waals surface area (Å²) < 4.78 is 22.8. The number of nitrogens with one attached hydrogen (secondary N) is 1. The van der Waals surface area contributed by atoms with Crippen molar-refractivity contribution < 1.29 is 8.42 Å². The molecular formula is C7H11ClN4O2S. The third kappa shape index (κ3) is 4.05. The lowest BCUT2D eigenvalue weighted by atomic mass is 10.4. The molecule has 0 radical (unpaired) electrons. The molecule has 6 nitrogen and oxygen atoms in total. The van der Waals surface area contributed by atoms with Crippen molar-refractivity contribution in [3.8, 4) is 0 Å². The Bertz CT molecular complexity index is 428. The molecule has 0 spiro atoms. The molecule has 1 aromatic carbocycles. The third-order valence-corrected chi connectivity index (χ3v) is 2.57. The second-order valence-electron chi connectivity index (χ2n) is 2.44. The molecule has 0 aliphatic heterocycles. The number of hydrogen-bond acceptors (Lipinski definition) is 3. The second-order valence-corrected chi connectivity index (χ2v) is 4.11. The molecular weight excluding hydrogens is 240 g/mol. The van der Waals surface area contributed by atoms with Crippen molar-refractivity contribution in [1.82, 2.24) is 4.83 Å². The average Bonchev–Trinajstić information content (AvgIpc) is 2.16. The van der Waals surface area contributed by atoms with Gasteiger partial charge in [-0.25, -0.2) is 0 Å². The van der Waals surface area contributed by atoms with E-state index in [1.54, 1.807) is 18.2 Å². The van der Waals surface area contributed by atoms with E-state index in [0.29, 0.717) is 0 Å². The Morgan fingerprint density at radius 2 is 1.73 bits per heavy atom. The summed E-state index contributed by atoms with van der Waals surface area (Å²) in [5.74, 6) is -0.343. The molecule has 0 atom stereocenters. The monoisotopic (exact) mass is 250 g/mol. The van der Waals surface area contributed by atoms with E-state index >= 15 is 0 Å². The minimum atomic E-state index is -3.65. The van der Waals surface area contributed by atoms with Crippen LogP contribution in [0, 0.1) is 0 Å². The van der Waals surface area contributed by atoms with Gasteiger partial charge >= 0.3 is 0 Å². The number of rotatable bonds is 3. The molecule has 0 heterocycles. The highest BCUT2D eigenvalue weighted by atomic mass is 35.5. The van der Waals surface area contributed by atoms with Gasteiger partial charge in [-0.15, -0.1) is 17.5 Å². The molecule has 8 heteroatoms. The molecule has 0 aliphatic carbocycles. The van der Waals surface area contributed by atoms with Crippen molar-refractivity contribution >= 4 is 28.4 Å². The van der Waals surface area contributed by atoms with Crippen molar-refractivity contribution in [2.24, 2.45) is 16.6 Å². The van der Waals surface area contributed by atoms with E-state index in [4.69, 9.17) is 11.5 Å². The van der Waals surface area contributed by atoms with Crippen LogP contribution in [-0.2, 0) is 10.0 Å². The fourth-order valence-electron chi connectivity index (χ4n) is 0.765. The lowest BCUT2D eigenvalue weighted by molar-refractivity contribution is 0.584. The van der Waals surface area contributed by atoms with Crippen LogP contribution in [0.3, 0.4) is 0 Å². The first-order valence-corrected chi connectivity index (χ1v) is 5.16. The highest BCUT2D eigenvalue weighted by Gasteiger charge is 2.11. The number of nitrogens with two attached hydrogens (primary N) is 2. The SMILES string of the molecule is Cl.NC(N)=NNS(=O)(=O)c1ccccc1. The van der Waals surface area contributed by atoms with Crippen LogP contribution in [0.4, 0.5) is 0 Å². The van der Waals surface area contributed by atoms with Crippen molar-refractivity contribution in [3.63, 3.8) is 0 Å². The Kier molecular flexibility index (Phi) is 4.89. The van der Waals surface area contributed by atoms with Gasteiger partial charge in [0.15, 0.2) is 0 Å². The van der Waals surface area contributed by atoms with Crippen molar-refractivity contribution in [2.75, 3.05) is 0 Å². The lowest BCUT2D eigenvalue weighted by Crippen LogP contribution is -2.29. The summed E-state index contributed by atoms with van der Waals surface area (Å²) in [7, 11) is -3.65. The minimum Gasteiger partial charge on any atom is -0.369 e. The maximum Gasteiger partial charge on any atom is 0.276 e. The molecule has 0 unspecified atom stereocenters. The molecule has 0 aromatic heterocycles. The zero-order valence-electron chi connectivity index (χ0n) is 7.62. The Morgan fingerprint density at radius 3 is 2.20 bits per heavy atom. The molecule has 84 valence electrons. The van der Waals surface area contributed by atoms with E-state index in [2.05, 4.69) is 5.10 Å². The van der Waals surface area contributed by atoms with Crippen molar-refractivity contribution in [2.45, 2.75) is 4.90 Å². The summed E-state index contributed by atoms with van der Waals surface area (Å²) in [6.45, 7) is 0. The van der Waals surface area contributed by atoms with E-state index in [0.717, 1.165) is 0 Å². The summed E-state index contributed by atoms with van der Waals surface area (Å²) in [6, 6.07) is 7.78. The average molecular weight is 251 g/mol. The fraction of sp³-hybridized carbons (Fsp3) is 0. The summed E-state index contributed by atoms with van der Waals surface area (Å²) in [6.07, 6.45) is 0. The third-order valence-electron chi connectivity index (χ3n) is 1.35. The van der Waals surface area contributed by atoms with Gasteiger partial charge in [0.2, 0.25) is 5.96 Å². The van der Waals surface area contributed by atoms with Gasteiger partial charge in [-0.1, -0.05) is 18.2 Å². The van der Waals surface area contributed by atoms with Crippen LogP contribution in [-0.4, -0.2) is 14.4 Å². The predicted molar refractivity (Wildman–Crippen MR) is 59.8 cm³/mol. The van der Waals surface area contributed by atoms with Gasteiger partial charge in [0.25, 0.3) is 10.0 Å². The first kappa shape index (κ1) is 13.5. The van der Waals surface area contributed by atoms with Crippen molar-refractivity contribution in [1.29, 1.82) is 0 Å². The maximum absolute atomic E-state index is 11.4. The number of nitrogens with zero attached hydrogens (tertiary/aromatic N) is 1. The number of guanidine groups is 1. The van der Waals surface area contributed by atoms with Gasteiger partial charge in [-0.3, -0.25) is 0 Å². The van der Waals surface area contributed by atoms with E-state index in [-0.39, 0.29) is 23.3 Å². The largest absolute Gasteiger partial charge is 0.369 e. The second kappa shape index (κ2) is 5.42. The van der Waals surface area contributed by atoms with Crippen LogP contribution in [0.5, 0.6) is 0 Å². The van der Waals surface area contributed by atoms with Crippen LogP contribution >= 0.6 is 12.4 Å². The summed E-state index contributed by atoms with van der Waals surface area (Å²) >= 11 is 0. The van der Waals surface area contributed by atoms with Gasteiger partial charge in [-0.2, -0.15) is 13.2 Å². The molecule has 0 saturated heterocycles. The smallest absolute Gasteiger partial charge is 0.276 e. The number of hydrogen-bond donors (Lipinski definition) is 3. The Balaban J connectivity index is 0.00000196. The standard InChI is InChI=1S/C7H10N4O2S.ClH/c8-7(9)10-11-14(12,13)6-4-2-1-3-5-6;/h1-5,11H,(H4,8,9,10);1H. The highest BCUT2D eigenvalue weighted by Crippen LogP contribution is 2.06. The summed E-state index contributed by atoms with van der Waals surface area (Å²) in [5.41, 5.74) is 9.96. The van der Waals surface area contributed by atoms with E-state index in [1.807, 2.05) is 4.83 Å². The van der Waals surface area contributed by atoms with Gasteiger partial charge in [0, 0.05) is 0 Å². The topological polar surface area (TPSA) is 111 Å². The van der Waals surface area contributed by atoms with Gasteiger partial charge < -0.3 is 11.5 Å². The zero-order valence-corrected chi connectivity index (χ0v) is 9.25. The summed E-state index contributed by atoms with van der Waals surface area (Å²) in [5, 5.41) is 3.21. The number of hydrazone groups is 1. The van der Waals surface area contributed by atoms with E-state index in [1.165, 1.54) is 12.1 Å². The zero-order chi connectivity index (χ0) is 10.6. The van der Waals surface area contributed by atoms with Gasteiger partial charge in [0.1, 0.15) is 0 Å². The van der Waals surface area contributed by atoms with Crippen LogP contribution in [0.1, 0.15) is 0 Å². The summed E-state index contributed by atoms with van der Waals surface area (Å²) in [4.78, 5) is 1.99. The maximum atomic E-state index is 11.4. The van der Waals surface area contributed by atoms with Crippen LogP contribution in [0.15, 0.2) is 40.3 Å². The van der Waals surface area contributed by atoms with Crippen LogP contribution in [0.25, 0.3) is 0 Å². The molecule has 0 saturated carbocycles. The molecule has 1 aromatic rings. The van der Waals surface area contributed by atoms with Crippen LogP contribution in [0.2, 0.25) is 0 Å². The Labute approximate surface area is 93.8 Å². The number of halogens is 1. The first-order chi connectivity index (χ1) is 6.52. The van der Waals surface area contributed by atoms with Crippen molar-refractivity contribution in [3.05, 3.63) is 30.3 Å². The molecule has 0 aliphatic rings. The van der Waals surface area contributed by atoms with E-state index in [9.17, 15) is 8.42 Å². The molecule has 0 fully saturated rings. The minimum absolute atomic E-state index is 0. The molecule has 0 bridgehead atoms. The van der Waals surface area contributed by atoms with Crippen LogP contribution < -0.4 is 16.3 Å². The Hall–Kier alpha value is -1.47. The van der Waals surface area contributed by atoms with Gasteiger partial charge in [-0.05, 0) is 12.1 Å². The number of benzene rings is 1. The van der Waals surface area contributed by atoms with E-state index < -0.39 is 10.0 Å². The molecule has 0 amide bonds. The highest BCUT2D eigenvalue weighted by molar-refractivity contribution is 7.89. The molecule has 1 rings (SSSR count). The fourth-order valence-corrected chi connectivity index (χ4v) is 1.61. The van der Waals surface area contributed by atoms with Gasteiger partial charge in [0.05, 0.1) is 4.90 Å². The number of sulfonamides is 1.